The highest BCUT2D eigenvalue weighted by molar-refractivity contribution is 6.89. The van der Waals surface area contributed by atoms with E-state index in [0.717, 1.165) is 11.1 Å². The fourth-order valence-corrected chi connectivity index (χ4v) is 6.19. The number of rotatable bonds is 4. The highest BCUT2D eigenvalue weighted by atomic mass is 28.3. The second kappa shape index (κ2) is 4.72. The Balaban J connectivity index is 4.67. The molecule has 0 aromatic rings. The topological polar surface area (TPSA) is 0 Å². The minimum atomic E-state index is -1.40. The van der Waals surface area contributed by atoms with Gasteiger partial charge in [0, 0.05) is 0 Å². The zero-order valence-corrected chi connectivity index (χ0v) is 10.1. The van der Waals surface area contributed by atoms with E-state index in [0.29, 0.717) is 0 Å². The van der Waals surface area contributed by atoms with Crippen molar-refractivity contribution in [3.63, 3.8) is 0 Å². The van der Waals surface area contributed by atoms with Crippen LogP contribution >= 0.6 is 0 Å². The van der Waals surface area contributed by atoms with Gasteiger partial charge >= 0.3 is 0 Å². The van der Waals surface area contributed by atoms with E-state index in [-0.39, 0.29) is 0 Å². The van der Waals surface area contributed by atoms with Crippen LogP contribution in [0.3, 0.4) is 0 Å². The average molecular weight is 182 g/mol. The molecule has 0 aromatic carbocycles. The van der Waals surface area contributed by atoms with Gasteiger partial charge in [0.05, 0.1) is 0 Å². The van der Waals surface area contributed by atoms with Crippen LogP contribution in [0.15, 0.2) is 0 Å². The lowest BCUT2D eigenvalue weighted by atomic mass is 10.5. The lowest BCUT2D eigenvalue weighted by Crippen LogP contribution is -2.39. The first-order valence-corrected chi connectivity index (χ1v) is 7.35. The van der Waals surface area contributed by atoms with Gasteiger partial charge in [-0.1, -0.05) is 41.0 Å². The van der Waals surface area contributed by atoms with Crippen LogP contribution in [0.1, 0.15) is 41.0 Å². The lowest BCUT2D eigenvalue weighted by Gasteiger charge is -2.33. The SMILES string of the molecule is C#C[Si](CCC)(C(C)C)C(C)C. The molecule has 0 spiro atoms. The summed E-state index contributed by atoms with van der Waals surface area (Å²) in [5.74, 6) is 0. The normalized spacial score (nSPS) is 12.2. The minimum Gasteiger partial charge on any atom is -0.134 e. The fraction of sp³-hybridized carbons (Fsp3) is 0.818. The van der Waals surface area contributed by atoms with Gasteiger partial charge in [-0.25, -0.2) is 0 Å². The van der Waals surface area contributed by atoms with Crippen LogP contribution in [0, 0.1) is 12.0 Å². The predicted octanol–water partition coefficient (Wildman–Crippen LogP) is 3.84. The van der Waals surface area contributed by atoms with Crippen molar-refractivity contribution in [1.29, 1.82) is 0 Å². The molecule has 0 fully saturated rings. The van der Waals surface area contributed by atoms with E-state index in [9.17, 15) is 0 Å². The van der Waals surface area contributed by atoms with E-state index < -0.39 is 8.07 Å². The third kappa shape index (κ3) is 2.14. The Labute approximate surface area is 78.8 Å². The average Bonchev–Trinajstić information content (AvgIpc) is 1.98. The first-order valence-electron chi connectivity index (χ1n) is 4.99. The Morgan fingerprint density at radius 3 is 1.67 bits per heavy atom. The van der Waals surface area contributed by atoms with E-state index in [1.54, 1.807) is 0 Å². The van der Waals surface area contributed by atoms with E-state index >= 15 is 0 Å². The van der Waals surface area contributed by atoms with Gasteiger partial charge in [0.2, 0.25) is 0 Å². The molecule has 0 unspecified atom stereocenters. The monoisotopic (exact) mass is 182 g/mol. The standard InChI is InChI=1S/C11H22Si/c1-7-9-12(8-2,10(3)4)11(5)6/h2,10-11H,7,9H2,1,3-6H3. The molecule has 0 saturated carbocycles. The van der Waals surface area contributed by atoms with Crippen molar-refractivity contribution in [3.8, 4) is 12.0 Å². The Morgan fingerprint density at radius 2 is 1.58 bits per heavy atom. The molecular formula is C11H22Si. The number of terminal acetylenes is 1. The number of hydrogen-bond acceptors (Lipinski definition) is 0. The van der Waals surface area contributed by atoms with Crippen molar-refractivity contribution in [3.05, 3.63) is 0 Å². The third-order valence-electron chi connectivity index (χ3n) is 2.99. The van der Waals surface area contributed by atoms with Crippen LogP contribution in [-0.4, -0.2) is 8.07 Å². The molecule has 0 nitrogen and oxygen atoms in total. The van der Waals surface area contributed by atoms with Gasteiger partial charge in [-0.15, -0.1) is 12.0 Å². The molecule has 0 bridgehead atoms. The molecule has 0 N–H and O–H groups in total. The van der Waals surface area contributed by atoms with Crippen molar-refractivity contribution in [2.24, 2.45) is 0 Å². The van der Waals surface area contributed by atoms with Crippen molar-refractivity contribution in [1.82, 2.24) is 0 Å². The highest BCUT2D eigenvalue weighted by Crippen LogP contribution is 2.35. The maximum absolute atomic E-state index is 5.71. The van der Waals surface area contributed by atoms with Crippen molar-refractivity contribution in [2.45, 2.75) is 58.2 Å². The lowest BCUT2D eigenvalue weighted by molar-refractivity contribution is 0.872. The molecule has 0 amide bonds. The van der Waals surface area contributed by atoms with Gasteiger partial charge in [-0.05, 0) is 17.1 Å². The van der Waals surface area contributed by atoms with Gasteiger partial charge in [-0.2, -0.15) is 0 Å². The Morgan fingerprint density at radius 1 is 1.17 bits per heavy atom. The largest absolute Gasteiger partial charge is 0.143 e. The van der Waals surface area contributed by atoms with Crippen LogP contribution in [0.5, 0.6) is 0 Å². The third-order valence-corrected chi connectivity index (χ3v) is 8.98. The second-order valence-corrected chi connectivity index (χ2v) is 9.42. The number of hydrogen-bond donors (Lipinski definition) is 0. The molecule has 0 heterocycles. The molecule has 0 aliphatic rings. The molecule has 0 rings (SSSR count). The van der Waals surface area contributed by atoms with E-state index in [4.69, 9.17) is 6.42 Å². The molecule has 0 atom stereocenters. The van der Waals surface area contributed by atoms with Crippen LogP contribution in [-0.2, 0) is 0 Å². The fourth-order valence-electron chi connectivity index (χ4n) is 2.06. The van der Waals surface area contributed by atoms with E-state index in [1.807, 2.05) is 0 Å². The summed E-state index contributed by atoms with van der Waals surface area (Å²) in [6.45, 7) is 11.4. The summed E-state index contributed by atoms with van der Waals surface area (Å²) in [4.78, 5) is 0. The van der Waals surface area contributed by atoms with Crippen LogP contribution in [0.2, 0.25) is 17.1 Å². The van der Waals surface area contributed by atoms with Crippen LogP contribution in [0.4, 0.5) is 0 Å². The van der Waals surface area contributed by atoms with Gasteiger partial charge in [-0.3, -0.25) is 0 Å². The van der Waals surface area contributed by atoms with Crippen LogP contribution < -0.4 is 0 Å². The minimum absolute atomic E-state index is 0.724. The van der Waals surface area contributed by atoms with Gasteiger partial charge in [0.1, 0.15) is 8.07 Å². The Bertz CT molecular complexity index is 154. The molecular weight excluding hydrogens is 160 g/mol. The summed E-state index contributed by atoms with van der Waals surface area (Å²) >= 11 is 0. The van der Waals surface area contributed by atoms with Crippen LogP contribution in [0.25, 0.3) is 0 Å². The summed E-state index contributed by atoms with van der Waals surface area (Å²) in [7, 11) is -1.40. The van der Waals surface area contributed by atoms with Gasteiger partial charge in [0.25, 0.3) is 0 Å². The highest BCUT2D eigenvalue weighted by Gasteiger charge is 2.37. The Hall–Kier alpha value is -0.223. The maximum Gasteiger partial charge on any atom is 0.143 e. The zero-order valence-electron chi connectivity index (χ0n) is 9.15. The first-order chi connectivity index (χ1) is 5.51. The molecule has 12 heavy (non-hydrogen) atoms. The molecule has 0 saturated heterocycles. The summed E-state index contributed by atoms with van der Waals surface area (Å²) < 4.78 is 0. The summed E-state index contributed by atoms with van der Waals surface area (Å²) in [6, 6.07) is 1.29. The maximum atomic E-state index is 5.71. The van der Waals surface area contributed by atoms with Gasteiger partial charge in [0.15, 0.2) is 0 Å². The molecule has 1 heteroatoms. The zero-order chi connectivity index (χ0) is 9.78. The van der Waals surface area contributed by atoms with Crippen molar-refractivity contribution >= 4 is 8.07 Å². The molecule has 0 aliphatic carbocycles. The first kappa shape index (κ1) is 11.8. The smallest absolute Gasteiger partial charge is 0.134 e. The van der Waals surface area contributed by atoms with E-state index in [1.165, 1.54) is 12.5 Å². The summed E-state index contributed by atoms with van der Waals surface area (Å²) in [5.41, 5.74) is 4.60. The van der Waals surface area contributed by atoms with Gasteiger partial charge < -0.3 is 0 Å². The quantitative estimate of drug-likeness (QED) is 0.458. The molecule has 70 valence electrons. The molecule has 0 radical (unpaired) electrons. The van der Waals surface area contributed by atoms with E-state index in [2.05, 4.69) is 40.2 Å². The summed E-state index contributed by atoms with van der Waals surface area (Å²) in [6.07, 6.45) is 6.95. The molecule has 0 aromatic heterocycles. The summed E-state index contributed by atoms with van der Waals surface area (Å²) in [5, 5.41) is 0. The second-order valence-electron chi connectivity index (χ2n) is 4.24. The molecule has 0 aliphatic heterocycles. The Kier molecular flexibility index (Phi) is 4.63. The van der Waals surface area contributed by atoms with Crippen molar-refractivity contribution < 1.29 is 0 Å². The van der Waals surface area contributed by atoms with Crippen molar-refractivity contribution in [2.75, 3.05) is 0 Å². The predicted molar refractivity (Wildman–Crippen MR) is 59.9 cm³/mol.